The van der Waals surface area contributed by atoms with Gasteiger partial charge in [-0.2, -0.15) is 0 Å². The Hall–Kier alpha value is -2.50. The molecule has 0 radical (unpaired) electrons. The molecule has 3 rings (SSSR count). The number of ether oxygens (including phenoxy) is 1. The molecule has 6 heteroatoms. The molecule has 2 heterocycles. The van der Waals surface area contributed by atoms with Gasteiger partial charge in [0.05, 0.1) is 13.2 Å². The van der Waals surface area contributed by atoms with Crippen LogP contribution in [0.3, 0.4) is 0 Å². The molecule has 2 aromatic rings. The van der Waals surface area contributed by atoms with Crippen LogP contribution < -0.4 is 10.1 Å². The fourth-order valence-electron chi connectivity index (χ4n) is 2.57. The molecule has 0 bridgehead atoms. The van der Waals surface area contributed by atoms with E-state index in [9.17, 15) is 4.79 Å². The van der Waals surface area contributed by atoms with Crippen molar-refractivity contribution in [2.75, 3.05) is 19.0 Å². The lowest BCUT2D eigenvalue weighted by Crippen LogP contribution is -2.23. The van der Waals surface area contributed by atoms with Crippen LogP contribution in [0.4, 0.5) is 5.95 Å². The summed E-state index contributed by atoms with van der Waals surface area (Å²) in [4.78, 5) is 15.1. The molecule has 0 aliphatic carbocycles. The third-order valence-electron chi connectivity index (χ3n) is 3.49. The number of anilines is 1. The molecule has 0 fully saturated rings. The lowest BCUT2D eigenvalue weighted by Gasteiger charge is -2.27. The molecular formula is C14H15N3O3. The van der Waals surface area contributed by atoms with Crippen molar-refractivity contribution in [3.8, 4) is 5.75 Å². The van der Waals surface area contributed by atoms with E-state index in [0.717, 1.165) is 24.3 Å². The zero-order chi connectivity index (χ0) is 14.1. The number of para-hydroxylation sites is 1. The normalized spacial score (nSPS) is 17.1. The monoisotopic (exact) mass is 273 g/mol. The first-order valence-corrected chi connectivity index (χ1v) is 6.39. The first-order chi connectivity index (χ1) is 9.70. The fraction of sp³-hybridized carbons (Fsp3) is 0.286. The quantitative estimate of drug-likeness (QED) is 0.894. The average molecular weight is 273 g/mol. The SMILES string of the molecule is COc1ccccc1C1CCNc2nc(C(=O)O)cn21. The number of carboxylic acids is 1. The van der Waals surface area contributed by atoms with Crippen molar-refractivity contribution >= 4 is 11.9 Å². The van der Waals surface area contributed by atoms with E-state index < -0.39 is 5.97 Å². The van der Waals surface area contributed by atoms with Gasteiger partial charge in [-0.05, 0) is 12.5 Å². The second-order valence-electron chi connectivity index (χ2n) is 4.64. The molecule has 0 amide bonds. The van der Waals surface area contributed by atoms with Crippen LogP contribution in [-0.4, -0.2) is 34.3 Å². The number of carbonyl (C=O) groups is 1. The second-order valence-corrected chi connectivity index (χ2v) is 4.64. The number of hydrogen-bond acceptors (Lipinski definition) is 4. The Kier molecular flexibility index (Phi) is 3.06. The number of hydrogen-bond donors (Lipinski definition) is 2. The van der Waals surface area contributed by atoms with Crippen LogP contribution in [0.25, 0.3) is 0 Å². The molecule has 1 aromatic heterocycles. The Morgan fingerprint density at radius 3 is 3.05 bits per heavy atom. The van der Waals surface area contributed by atoms with E-state index in [0.29, 0.717) is 5.95 Å². The smallest absolute Gasteiger partial charge is 0.356 e. The molecule has 6 nitrogen and oxygen atoms in total. The summed E-state index contributed by atoms with van der Waals surface area (Å²) in [6.45, 7) is 0.749. The van der Waals surface area contributed by atoms with Crippen molar-refractivity contribution in [1.82, 2.24) is 9.55 Å². The maximum atomic E-state index is 11.1. The predicted molar refractivity (Wildman–Crippen MR) is 73.4 cm³/mol. The molecular weight excluding hydrogens is 258 g/mol. The number of benzene rings is 1. The Labute approximate surface area is 116 Å². The minimum atomic E-state index is -1.02. The fourth-order valence-corrected chi connectivity index (χ4v) is 2.57. The van der Waals surface area contributed by atoms with Crippen molar-refractivity contribution in [3.05, 3.63) is 41.7 Å². The van der Waals surface area contributed by atoms with Gasteiger partial charge in [0.2, 0.25) is 5.95 Å². The molecule has 1 unspecified atom stereocenters. The van der Waals surface area contributed by atoms with Gasteiger partial charge in [-0.1, -0.05) is 18.2 Å². The maximum absolute atomic E-state index is 11.1. The largest absolute Gasteiger partial charge is 0.496 e. The van der Waals surface area contributed by atoms with Gasteiger partial charge in [0.15, 0.2) is 5.69 Å². The number of imidazole rings is 1. The van der Waals surface area contributed by atoms with Crippen molar-refractivity contribution in [2.45, 2.75) is 12.5 Å². The maximum Gasteiger partial charge on any atom is 0.356 e. The number of rotatable bonds is 3. The standard InChI is InChI=1S/C14H15N3O3/c1-20-12-5-3-2-4-9(12)11-6-7-15-14-16-10(13(18)19)8-17(11)14/h2-5,8,11H,6-7H2,1H3,(H,15,16)(H,18,19). The summed E-state index contributed by atoms with van der Waals surface area (Å²) in [6, 6.07) is 7.81. The van der Waals surface area contributed by atoms with Crippen LogP contribution in [0.2, 0.25) is 0 Å². The highest BCUT2D eigenvalue weighted by atomic mass is 16.5. The molecule has 0 spiro atoms. The summed E-state index contributed by atoms with van der Waals surface area (Å²) in [7, 11) is 1.64. The minimum Gasteiger partial charge on any atom is -0.496 e. The van der Waals surface area contributed by atoms with Crippen LogP contribution in [-0.2, 0) is 0 Å². The Balaban J connectivity index is 2.07. The third kappa shape index (κ3) is 1.99. The summed E-state index contributed by atoms with van der Waals surface area (Å²) in [5.74, 6) is 0.368. The number of aromatic carboxylic acids is 1. The van der Waals surface area contributed by atoms with Crippen LogP contribution in [0.1, 0.15) is 28.5 Å². The molecule has 104 valence electrons. The van der Waals surface area contributed by atoms with E-state index in [1.54, 1.807) is 13.3 Å². The Bertz CT molecular complexity index is 651. The zero-order valence-corrected chi connectivity index (χ0v) is 11.0. The number of nitrogens with one attached hydrogen (secondary N) is 1. The Morgan fingerprint density at radius 1 is 1.50 bits per heavy atom. The minimum absolute atomic E-state index is 0.0306. The van der Waals surface area contributed by atoms with E-state index in [1.165, 1.54) is 0 Å². The van der Waals surface area contributed by atoms with Gasteiger partial charge < -0.3 is 19.7 Å². The first kappa shape index (κ1) is 12.5. The van der Waals surface area contributed by atoms with Gasteiger partial charge in [0, 0.05) is 18.3 Å². The van der Waals surface area contributed by atoms with Crippen LogP contribution in [0.15, 0.2) is 30.5 Å². The van der Waals surface area contributed by atoms with Gasteiger partial charge in [-0.15, -0.1) is 0 Å². The number of carboxylic acid groups (broad SMARTS) is 1. The third-order valence-corrected chi connectivity index (χ3v) is 3.49. The number of nitrogens with zero attached hydrogens (tertiary/aromatic N) is 2. The van der Waals surface area contributed by atoms with Gasteiger partial charge >= 0.3 is 5.97 Å². The van der Waals surface area contributed by atoms with E-state index in [2.05, 4.69) is 10.3 Å². The van der Waals surface area contributed by atoms with Crippen LogP contribution >= 0.6 is 0 Å². The van der Waals surface area contributed by atoms with Crippen molar-refractivity contribution in [2.24, 2.45) is 0 Å². The highest BCUT2D eigenvalue weighted by Crippen LogP contribution is 2.34. The highest BCUT2D eigenvalue weighted by Gasteiger charge is 2.26. The van der Waals surface area contributed by atoms with Crippen molar-refractivity contribution in [1.29, 1.82) is 0 Å². The molecule has 2 N–H and O–H groups in total. The lowest BCUT2D eigenvalue weighted by molar-refractivity contribution is 0.0691. The number of fused-ring (bicyclic) bond motifs is 1. The van der Waals surface area contributed by atoms with Gasteiger partial charge in [0.25, 0.3) is 0 Å². The van der Waals surface area contributed by atoms with Crippen molar-refractivity contribution < 1.29 is 14.6 Å². The van der Waals surface area contributed by atoms with Crippen LogP contribution in [0.5, 0.6) is 5.75 Å². The van der Waals surface area contributed by atoms with Crippen LogP contribution in [0, 0.1) is 0 Å². The second kappa shape index (κ2) is 4.88. The van der Waals surface area contributed by atoms with Gasteiger partial charge in [-0.25, -0.2) is 9.78 Å². The highest BCUT2D eigenvalue weighted by molar-refractivity contribution is 5.85. The summed E-state index contributed by atoms with van der Waals surface area (Å²) in [6.07, 6.45) is 2.42. The molecule has 1 atom stereocenters. The molecule has 1 aliphatic rings. The number of methoxy groups -OCH3 is 1. The van der Waals surface area contributed by atoms with E-state index >= 15 is 0 Å². The summed E-state index contributed by atoms with van der Waals surface area (Å²) < 4.78 is 7.26. The topological polar surface area (TPSA) is 76.4 Å². The molecule has 1 aromatic carbocycles. The first-order valence-electron chi connectivity index (χ1n) is 6.39. The van der Waals surface area contributed by atoms with E-state index in [-0.39, 0.29) is 11.7 Å². The predicted octanol–water partition coefficient (Wildman–Crippen LogP) is 1.99. The molecule has 0 saturated carbocycles. The average Bonchev–Trinajstić information content (AvgIpc) is 2.91. The molecule has 1 aliphatic heterocycles. The lowest BCUT2D eigenvalue weighted by atomic mass is 10.0. The summed E-state index contributed by atoms with van der Waals surface area (Å²) >= 11 is 0. The zero-order valence-electron chi connectivity index (χ0n) is 11.0. The molecule has 20 heavy (non-hydrogen) atoms. The van der Waals surface area contributed by atoms with E-state index in [1.807, 2.05) is 28.8 Å². The van der Waals surface area contributed by atoms with Gasteiger partial charge in [0.1, 0.15) is 5.75 Å². The number of aromatic nitrogens is 2. The van der Waals surface area contributed by atoms with Gasteiger partial charge in [-0.3, -0.25) is 0 Å². The van der Waals surface area contributed by atoms with E-state index in [4.69, 9.17) is 9.84 Å². The summed E-state index contributed by atoms with van der Waals surface area (Å²) in [5.41, 5.74) is 1.08. The molecule has 0 saturated heterocycles. The van der Waals surface area contributed by atoms with Crippen molar-refractivity contribution in [3.63, 3.8) is 0 Å². The summed E-state index contributed by atoms with van der Waals surface area (Å²) in [5, 5.41) is 12.2. The Morgan fingerprint density at radius 2 is 2.30 bits per heavy atom.